The fourth-order valence-corrected chi connectivity index (χ4v) is 1.01. The summed E-state index contributed by atoms with van der Waals surface area (Å²) in [7, 11) is 0. The molecule has 0 bridgehead atoms. The van der Waals surface area contributed by atoms with E-state index in [0.717, 1.165) is 6.54 Å². The Kier molecular flexibility index (Phi) is 2.11. The normalized spacial score (nSPS) is 28.1. The van der Waals surface area contributed by atoms with Crippen molar-refractivity contribution in [3.8, 4) is 0 Å². The quantitative estimate of drug-likeness (QED) is 0.530. The predicted octanol–water partition coefficient (Wildman–Crippen LogP) is 1.55. The van der Waals surface area contributed by atoms with Crippen molar-refractivity contribution in [2.75, 3.05) is 6.54 Å². The van der Waals surface area contributed by atoms with Crippen LogP contribution in [-0.4, -0.2) is 17.7 Å². The Morgan fingerprint density at radius 3 is 3.00 bits per heavy atom. The summed E-state index contributed by atoms with van der Waals surface area (Å²) in [5, 5.41) is 1.80. The third-order valence-corrected chi connectivity index (χ3v) is 1.51. The van der Waals surface area contributed by atoms with Crippen LogP contribution in [0.2, 0.25) is 0 Å². The molecule has 0 saturated carbocycles. The molecule has 1 atom stereocenters. The second-order valence-electron chi connectivity index (χ2n) is 2.38. The SMILES string of the molecule is C=CN1CCCC(C)O1. The molecule has 0 amide bonds. The molecule has 1 unspecified atom stereocenters. The van der Waals surface area contributed by atoms with Crippen LogP contribution in [0.4, 0.5) is 0 Å². The average molecular weight is 127 g/mol. The van der Waals surface area contributed by atoms with E-state index in [4.69, 9.17) is 4.84 Å². The number of hydrogen-bond acceptors (Lipinski definition) is 2. The standard InChI is InChI=1S/C7H13NO/c1-3-8-6-4-5-7(2)9-8/h3,7H,1,4-6H2,2H3. The molecular formula is C7H13NO. The number of rotatable bonds is 1. The van der Waals surface area contributed by atoms with Crippen LogP contribution in [0.25, 0.3) is 0 Å². The number of hydrogen-bond donors (Lipinski definition) is 0. The smallest absolute Gasteiger partial charge is 0.0829 e. The zero-order valence-electron chi connectivity index (χ0n) is 5.84. The molecule has 0 N–H and O–H groups in total. The largest absolute Gasteiger partial charge is 0.271 e. The van der Waals surface area contributed by atoms with Crippen LogP contribution in [0.5, 0.6) is 0 Å². The first-order valence-corrected chi connectivity index (χ1v) is 3.39. The molecule has 0 aliphatic carbocycles. The molecule has 1 aliphatic rings. The van der Waals surface area contributed by atoms with Gasteiger partial charge in [0, 0.05) is 12.7 Å². The van der Waals surface area contributed by atoms with Crippen molar-refractivity contribution < 1.29 is 4.84 Å². The average Bonchev–Trinajstić information content (AvgIpc) is 1.88. The van der Waals surface area contributed by atoms with Gasteiger partial charge >= 0.3 is 0 Å². The Bertz CT molecular complexity index is 103. The van der Waals surface area contributed by atoms with Gasteiger partial charge in [0.1, 0.15) is 0 Å². The van der Waals surface area contributed by atoms with Crippen LogP contribution in [0, 0.1) is 0 Å². The maximum Gasteiger partial charge on any atom is 0.0829 e. The lowest BCUT2D eigenvalue weighted by Gasteiger charge is -2.28. The van der Waals surface area contributed by atoms with Crippen LogP contribution in [0.3, 0.4) is 0 Å². The van der Waals surface area contributed by atoms with Gasteiger partial charge in [0.05, 0.1) is 6.10 Å². The molecule has 0 spiro atoms. The summed E-state index contributed by atoms with van der Waals surface area (Å²) in [6, 6.07) is 0. The minimum absolute atomic E-state index is 0.372. The van der Waals surface area contributed by atoms with Gasteiger partial charge in [0.2, 0.25) is 0 Å². The lowest BCUT2D eigenvalue weighted by atomic mass is 10.2. The van der Waals surface area contributed by atoms with Gasteiger partial charge in [0.15, 0.2) is 0 Å². The van der Waals surface area contributed by atoms with Crippen molar-refractivity contribution in [3.05, 3.63) is 12.8 Å². The van der Waals surface area contributed by atoms with Crippen molar-refractivity contribution >= 4 is 0 Å². The first kappa shape index (κ1) is 6.62. The molecule has 0 aromatic heterocycles. The van der Waals surface area contributed by atoms with E-state index in [-0.39, 0.29) is 0 Å². The summed E-state index contributed by atoms with van der Waals surface area (Å²) in [6.45, 7) is 6.69. The second kappa shape index (κ2) is 2.87. The molecule has 1 aliphatic heterocycles. The molecule has 2 nitrogen and oxygen atoms in total. The number of hydroxylamine groups is 2. The van der Waals surface area contributed by atoms with E-state index in [1.54, 1.807) is 11.3 Å². The summed E-state index contributed by atoms with van der Waals surface area (Å²) < 4.78 is 0. The van der Waals surface area contributed by atoms with Gasteiger partial charge in [-0.3, -0.25) is 9.90 Å². The zero-order chi connectivity index (χ0) is 6.69. The highest BCUT2D eigenvalue weighted by molar-refractivity contribution is 4.67. The van der Waals surface area contributed by atoms with Gasteiger partial charge in [-0.25, -0.2) is 0 Å². The summed E-state index contributed by atoms with van der Waals surface area (Å²) in [6.07, 6.45) is 4.49. The molecule has 1 heterocycles. The Morgan fingerprint density at radius 1 is 1.78 bits per heavy atom. The van der Waals surface area contributed by atoms with Gasteiger partial charge in [-0.2, -0.15) is 0 Å². The molecule has 9 heavy (non-hydrogen) atoms. The predicted molar refractivity (Wildman–Crippen MR) is 36.7 cm³/mol. The van der Waals surface area contributed by atoms with Gasteiger partial charge in [-0.15, -0.1) is 0 Å². The van der Waals surface area contributed by atoms with E-state index in [2.05, 4.69) is 13.5 Å². The first-order valence-electron chi connectivity index (χ1n) is 3.39. The van der Waals surface area contributed by atoms with Crippen molar-refractivity contribution in [1.29, 1.82) is 0 Å². The van der Waals surface area contributed by atoms with E-state index in [1.165, 1.54) is 12.8 Å². The molecule has 0 aromatic carbocycles. The van der Waals surface area contributed by atoms with Gasteiger partial charge in [-0.1, -0.05) is 6.58 Å². The maximum absolute atomic E-state index is 5.35. The molecule has 0 aromatic rings. The van der Waals surface area contributed by atoms with Crippen molar-refractivity contribution in [3.63, 3.8) is 0 Å². The summed E-state index contributed by atoms with van der Waals surface area (Å²) >= 11 is 0. The second-order valence-corrected chi connectivity index (χ2v) is 2.38. The Hall–Kier alpha value is -0.500. The first-order chi connectivity index (χ1) is 4.33. The third-order valence-electron chi connectivity index (χ3n) is 1.51. The third kappa shape index (κ3) is 1.72. The summed E-state index contributed by atoms with van der Waals surface area (Å²) in [5.74, 6) is 0. The highest BCUT2D eigenvalue weighted by atomic mass is 16.7. The van der Waals surface area contributed by atoms with Gasteiger partial charge in [-0.05, 0) is 19.8 Å². The molecule has 1 fully saturated rings. The Balaban J connectivity index is 2.31. The van der Waals surface area contributed by atoms with E-state index < -0.39 is 0 Å². The molecule has 52 valence electrons. The van der Waals surface area contributed by atoms with Crippen LogP contribution >= 0.6 is 0 Å². The highest BCUT2D eigenvalue weighted by Gasteiger charge is 2.12. The molecule has 2 heteroatoms. The summed E-state index contributed by atoms with van der Waals surface area (Å²) in [4.78, 5) is 5.35. The van der Waals surface area contributed by atoms with E-state index in [9.17, 15) is 0 Å². The lowest BCUT2D eigenvalue weighted by molar-refractivity contribution is -0.183. The minimum Gasteiger partial charge on any atom is -0.271 e. The molecular weight excluding hydrogens is 114 g/mol. The lowest BCUT2D eigenvalue weighted by Crippen LogP contribution is -2.30. The van der Waals surface area contributed by atoms with Crippen molar-refractivity contribution in [1.82, 2.24) is 5.06 Å². The fraction of sp³-hybridized carbons (Fsp3) is 0.714. The zero-order valence-corrected chi connectivity index (χ0v) is 5.84. The Labute approximate surface area is 56.1 Å². The van der Waals surface area contributed by atoms with Gasteiger partial charge in [0.25, 0.3) is 0 Å². The Morgan fingerprint density at radius 2 is 2.56 bits per heavy atom. The number of nitrogens with zero attached hydrogens (tertiary/aromatic N) is 1. The topological polar surface area (TPSA) is 12.5 Å². The molecule has 0 radical (unpaired) electrons. The van der Waals surface area contributed by atoms with Crippen LogP contribution < -0.4 is 0 Å². The fourth-order valence-electron chi connectivity index (χ4n) is 1.01. The van der Waals surface area contributed by atoms with Crippen LogP contribution in [0.1, 0.15) is 19.8 Å². The van der Waals surface area contributed by atoms with Crippen molar-refractivity contribution in [2.45, 2.75) is 25.9 Å². The van der Waals surface area contributed by atoms with Crippen LogP contribution in [-0.2, 0) is 4.84 Å². The van der Waals surface area contributed by atoms with E-state index in [0.29, 0.717) is 6.10 Å². The van der Waals surface area contributed by atoms with Gasteiger partial charge < -0.3 is 0 Å². The highest BCUT2D eigenvalue weighted by Crippen LogP contribution is 2.12. The molecule has 1 saturated heterocycles. The van der Waals surface area contributed by atoms with E-state index in [1.807, 2.05) is 0 Å². The summed E-state index contributed by atoms with van der Waals surface area (Å²) in [5.41, 5.74) is 0. The maximum atomic E-state index is 5.35. The monoisotopic (exact) mass is 127 g/mol. The van der Waals surface area contributed by atoms with Crippen molar-refractivity contribution in [2.24, 2.45) is 0 Å². The van der Waals surface area contributed by atoms with E-state index >= 15 is 0 Å². The molecule has 1 rings (SSSR count). The van der Waals surface area contributed by atoms with Crippen LogP contribution in [0.15, 0.2) is 12.8 Å². The minimum atomic E-state index is 0.372.